The molecule has 0 saturated carbocycles. The summed E-state index contributed by atoms with van der Waals surface area (Å²) in [7, 11) is -3.79. The number of anilines is 1. The standard InChI is InChI=1S/C21H31N3O3S.K/c1-14(2)24-11-9-17(10-12-24)28(26,27)23-21(25)22-20-18-7-3-5-15(18)13-16-6-4-8-19(16)20;/h13-14,17H,3-12H2,1-2H3,(H2,22,23,25);/q;+1/p-1. The molecule has 154 valence electrons. The molecule has 1 N–H and O–H groups in total. The minimum absolute atomic E-state index is 0. The third-order valence-electron chi connectivity index (χ3n) is 6.54. The van der Waals surface area contributed by atoms with Gasteiger partial charge in [0.15, 0.2) is 16.1 Å². The molecule has 0 spiro atoms. The van der Waals surface area contributed by atoms with Crippen LogP contribution in [-0.4, -0.2) is 43.7 Å². The number of rotatable bonds is 4. The second kappa shape index (κ2) is 9.67. The molecule has 8 heteroatoms. The maximum atomic E-state index is 12.7. The van der Waals surface area contributed by atoms with E-state index in [-0.39, 0.29) is 51.4 Å². The molecule has 3 aliphatic rings. The van der Waals surface area contributed by atoms with E-state index in [0.29, 0.717) is 18.9 Å². The summed E-state index contributed by atoms with van der Waals surface area (Å²) >= 11 is 0. The number of nitrogens with one attached hydrogen (secondary N) is 1. The topological polar surface area (TPSA) is 80.6 Å². The average Bonchev–Trinajstić information content (AvgIpc) is 3.30. The minimum Gasteiger partial charge on any atom is -0.423 e. The number of carbonyl (C=O) groups excluding carboxylic acids is 1. The van der Waals surface area contributed by atoms with Gasteiger partial charge in [0.25, 0.3) is 0 Å². The molecule has 1 aromatic rings. The zero-order valence-electron chi connectivity index (χ0n) is 17.8. The number of sulfonamides is 1. The maximum absolute atomic E-state index is 12.7. The van der Waals surface area contributed by atoms with Gasteiger partial charge in [-0.25, -0.2) is 8.42 Å². The molecule has 6 nitrogen and oxygen atoms in total. The quantitative estimate of drug-likeness (QED) is 0.698. The molecule has 29 heavy (non-hydrogen) atoms. The number of hydrogen-bond donors (Lipinski definition) is 1. The van der Waals surface area contributed by atoms with Gasteiger partial charge in [0.05, 0.1) is 5.25 Å². The van der Waals surface area contributed by atoms with E-state index < -0.39 is 21.3 Å². The van der Waals surface area contributed by atoms with E-state index in [9.17, 15) is 13.2 Å². The van der Waals surface area contributed by atoms with E-state index in [2.05, 4.69) is 34.9 Å². The van der Waals surface area contributed by atoms with Crippen molar-refractivity contribution in [1.29, 1.82) is 0 Å². The number of piperidine rings is 1. The Morgan fingerprint density at radius 1 is 1.07 bits per heavy atom. The van der Waals surface area contributed by atoms with Crippen LogP contribution in [0.5, 0.6) is 0 Å². The molecule has 2 aliphatic carbocycles. The normalized spacial score (nSPS) is 19.6. The molecule has 0 atom stereocenters. The first-order valence-corrected chi connectivity index (χ1v) is 12.0. The monoisotopic (exact) mass is 443 g/mol. The van der Waals surface area contributed by atoms with Crippen LogP contribution in [0.15, 0.2) is 6.07 Å². The van der Waals surface area contributed by atoms with Crippen LogP contribution in [0.3, 0.4) is 0 Å². The van der Waals surface area contributed by atoms with Crippen LogP contribution in [-0.2, 0) is 35.7 Å². The van der Waals surface area contributed by atoms with Crippen molar-refractivity contribution in [3.8, 4) is 0 Å². The Balaban J connectivity index is 0.00000240. The number of amides is 2. The molecular formula is C21H30KN3O3S. The fraction of sp³-hybridized carbons (Fsp3) is 0.667. The summed E-state index contributed by atoms with van der Waals surface area (Å²) in [5.74, 6) is 0. The van der Waals surface area contributed by atoms with Crippen molar-refractivity contribution >= 4 is 21.7 Å². The number of urea groups is 1. The third kappa shape index (κ3) is 5.10. The average molecular weight is 444 g/mol. The van der Waals surface area contributed by atoms with Gasteiger partial charge in [-0.1, -0.05) is 6.07 Å². The Morgan fingerprint density at radius 2 is 1.62 bits per heavy atom. The van der Waals surface area contributed by atoms with Gasteiger partial charge in [0, 0.05) is 6.04 Å². The first-order valence-electron chi connectivity index (χ1n) is 10.5. The first kappa shape index (κ1) is 23.7. The zero-order valence-corrected chi connectivity index (χ0v) is 21.8. The van der Waals surface area contributed by atoms with Crippen molar-refractivity contribution < 1.29 is 64.6 Å². The molecule has 1 aromatic carbocycles. The molecule has 2 amide bonds. The number of nitrogens with zero attached hydrogens (tertiary/aromatic N) is 2. The van der Waals surface area contributed by atoms with Gasteiger partial charge in [0.1, 0.15) is 0 Å². The summed E-state index contributed by atoms with van der Waals surface area (Å²) in [5, 5.41) is 2.31. The Morgan fingerprint density at radius 3 is 2.14 bits per heavy atom. The predicted molar refractivity (Wildman–Crippen MR) is 112 cm³/mol. The smallest absolute Gasteiger partial charge is 0.423 e. The van der Waals surface area contributed by atoms with Gasteiger partial charge in [-0.15, -0.1) is 0 Å². The minimum atomic E-state index is -3.79. The number of hydrogen-bond acceptors (Lipinski definition) is 4. The summed E-state index contributed by atoms with van der Waals surface area (Å²) in [5.41, 5.74) is 5.83. The second-order valence-corrected chi connectivity index (χ2v) is 10.5. The van der Waals surface area contributed by atoms with Crippen LogP contribution in [0, 0.1) is 0 Å². The third-order valence-corrected chi connectivity index (χ3v) is 8.28. The maximum Gasteiger partial charge on any atom is 1.00 e. The van der Waals surface area contributed by atoms with Gasteiger partial charge in [0.2, 0.25) is 0 Å². The van der Waals surface area contributed by atoms with Gasteiger partial charge >= 0.3 is 51.4 Å². The molecule has 1 aliphatic heterocycles. The van der Waals surface area contributed by atoms with Crippen LogP contribution in [0.25, 0.3) is 4.72 Å². The first-order chi connectivity index (χ1) is 13.3. The van der Waals surface area contributed by atoms with Crippen molar-refractivity contribution in [3.63, 3.8) is 0 Å². The number of aryl methyl sites for hydroxylation is 2. The van der Waals surface area contributed by atoms with Crippen LogP contribution >= 0.6 is 0 Å². The van der Waals surface area contributed by atoms with E-state index >= 15 is 0 Å². The van der Waals surface area contributed by atoms with E-state index in [1.54, 1.807) is 0 Å². The Kier molecular flexibility index (Phi) is 7.90. The second-order valence-electron chi connectivity index (χ2n) is 8.60. The van der Waals surface area contributed by atoms with Gasteiger partial charge in [-0.05, 0) is 106 Å². The van der Waals surface area contributed by atoms with Crippen LogP contribution in [0.1, 0.15) is 61.8 Å². The van der Waals surface area contributed by atoms with Crippen molar-refractivity contribution in [2.24, 2.45) is 0 Å². The number of benzene rings is 1. The van der Waals surface area contributed by atoms with Gasteiger partial charge < -0.3 is 14.9 Å². The SMILES string of the molecule is CC(C)N1CCC(S(=O)(=O)[N-]C(=O)Nc2c3c(cc4c2CCC4)CCC3)CC1.[K+]. The molecule has 0 bridgehead atoms. The molecule has 1 saturated heterocycles. The number of fused-ring (bicyclic) bond motifs is 2. The van der Waals surface area contributed by atoms with E-state index in [4.69, 9.17) is 0 Å². The zero-order chi connectivity index (χ0) is 19.9. The molecule has 0 unspecified atom stereocenters. The summed E-state index contributed by atoms with van der Waals surface area (Å²) in [4.78, 5) is 14.8. The summed E-state index contributed by atoms with van der Waals surface area (Å²) in [6.45, 7) is 5.70. The molecule has 0 radical (unpaired) electrons. The summed E-state index contributed by atoms with van der Waals surface area (Å²) in [6, 6.07) is 1.96. The Labute approximate surface area is 217 Å². The predicted octanol–water partition coefficient (Wildman–Crippen LogP) is 0.776. The molecule has 1 heterocycles. The number of likely N-dealkylation sites (tertiary alicyclic amines) is 1. The summed E-state index contributed by atoms with van der Waals surface area (Å²) in [6.07, 6.45) is 7.21. The van der Waals surface area contributed by atoms with E-state index in [0.717, 1.165) is 57.3 Å². The molecule has 0 aromatic heterocycles. The number of carbonyl (C=O) groups is 1. The summed E-state index contributed by atoms with van der Waals surface area (Å²) < 4.78 is 29.0. The van der Waals surface area contributed by atoms with Gasteiger partial charge in [-0.2, -0.15) is 0 Å². The fourth-order valence-electron chi connectivity index (χ4n) is 4.98. The van der Waals surface area contributed by atoms with Crippen molar-refractivity contribution in [1.82, 2.24) is 4.90 Å². The largest absolute Gasteiger partial charge is 1.00 e. The molecular weight excluding hydrogens is 413 g/mol. The van der Waals surface area contributed by atoms with Crippen LogP contribution < -0.4 is 56.7 Å². The van der Waals surface area contributed by atoms with Crippen molar-refractivity contribution in [3.05, 3.63) is 33.0 Å². The van der Waals surface area contributed by atoms with E-state index in [1.165, 1.54) is 22.3 Å². The Hall–Kier alpha value is 0.0364. The fourth-order valence-corrected chi connectivity index (χ4v) is 6.21. The van der Waals surface area contributed by atoms with E-state index in [1.807, 2.05) is 0 Å². The molecule has 4 rings (SSSR count). The molecule has 1 fully saturated rings. The van der Waals surface area contributed by atoms with Gasteiger partial charge in [-0.3, -0.25) is 4.79 Å². The Bertz CT molecular complexity index is 845. The van der Waals surface area contributed by atoms with Crippen LogP contribution in [0.4, 0.5) is 10.5 Å². The van der Waals surface area contributed by atoms with Crippen molar-refractivity contribution in [2.75, 3.05) is 18.4 Å². The van der Waals surface area contributed by atoms with Crippen LogP contribution in [0.2, 0.25) is 0 Å². The van der Waals surface area contributed by atoms with Crippen molar-refractivity contribution in [2.45, 2.75) is 76.5 Å².